The quantitative estimate of drug-likeness (QED) is 0.486. The minimum atomic E-state index is -5.00. The molecule has 0 rings (SSSR count). The maximum absolute atomic E-state index is 9.91. The molecule has 0 bridgehead atoms. The predicted molar refractivity (Wildman–Crippen MR) is 15.0 cm³/mol. The lowest BCUT2D eigenvalue weighted by Gasteiger charge is -1.86. The van der Waals surface area contributed by atoms with Crippen LogP contribution in [0.1, 0.15) is 7.43 Å². The van der Waals surface area contributed by atoms with Crippen LogP contribution in [0.4, 0.5) is 13.2 Å². The van der Waals surface area contributed by atoms with Crippen LogP contribution in [0.15, 0.2) is 0 Å². The van der Waals surface area contributed by atoms with Crippen molar-refractivity contribution in [2.45, 2.75) is 13.8 Å². The zero-order chi connectivity index (χ0) is 4.50. The van der Waals surface area contributed by atoms with Gasteiger partial charge < -0.3 is 5.11 Å². The van der Waals surface area contributed by atoms with E-state index in [1.165, 1.54) is 0 Å². The molecule has 1 nitrogen and oxygen atoms in total. The molecule has 0 aliphatic heterocycles. The maximum Gasteiger partial charge on any atom is 0.519 e. The number of hydrogen-bond donors (Lipinski definition) is 1. The first-order chi connectivity index (χ1) is 2.00. The SMILES string of the molecule is C.OC(F)(F)F. The lowest BCUT2D eigenvalue weighted by molar-refractivity contribution is -0.295. The molecule has 0 aliphatic rings. The molecule has 0 atom stereocenters. The van der Waals surface area contributed by atoms with E-state index in [9.17, 15) is 13.2 Å². The molecule has 0 amide bonds. The van der Waals surface area contributed by atoms with Gasteiger partial charge in [-0.15, -0.1) is 13.2 Å². The number of aliphatic hydroxyl groups is 1. The third-order valence-electron chi connectivity index (χ3n) is 0. The lowest BCUT2D eigenvalue weighted by Crippen LogP contribution is -2.01. The second kappa shape index (κ2) is 2.02. The van der Waals surface area contributed by atoms with Crippen molar-refractivity contribution < 1.29 is 18.3 Å². The average Bonchev–Trinajstić information content (AvgIpc) is 0.722. The fourth-order valence-corrected chi connectivity index (χ4v) is 0. The van der Waals surface area contributed by atoms with Crippen molar-refractivity contribution in [3.63, 3.8) is 0 Å². The Hall–Kier alpha value is -0.250. The minimum absolute atomic E-state index is 0. The summed E-state index contributed by atoms with van der Waals surface area (Å²) in [4.78, 5) is 0. The molecule has 0 saturated carbocycles. The van der Waals surface area contributed by atoms with Crippen molar-refractivity contribution in [2.24, 2.45) is 0 Å². The molecular weight excluding hydrogens is 97.0 g/mol. The van der Waals surface area contributed by atoms with E-state index in [0.29, 0.717) is 0 Å². The molecule has 0 aromatic heterocycles. The predicted octanol–water partition coefficient (Wildman–Crippen LogP) is 1.13. The van der Waals surface area contributed by atoms with Crippen LogP contribution in [0.25, 0.3) is 0 Å². The van der Waals surface area contributed by atoms with Crippen molar-refractivity contribution in [1.29, 1.82) is 0 Å². The van der Waals surface area contributed by atoms with Crippen LogP contribution < -0.4 is 0 Å². The molecule has 0 radical (unpaired) electrons. The van der Waals surface area contributed by atoms with Crippen molar-refractivity contribution >= 4 is 0 Å². The second-order valence-corrected chi connectivity index (χ2v) is 0.468. The van der Waals surface area contributed by atoms with Gasteiger partial charge in [-0.05, 0) is 0 Å². The summed E-state index contributed by atoms with van der Waals surface area (Å²) in [6, 6.07) is 0. The van der Waals surface area contributed by atoms with Crippen LogP contribution in [0, 0.1) is 0 Å². The number of hydrogen-bond acceptors (Lipinski definition) is 1. The molecule has 1 N–H and O–H groups in total. The Bertz CT molecular complexity index is 24.3. The van der Waals surface area contributed by atoms with E-state index in [-0.39, 0.29) is 7.43 Å². The van der Waals surface area contributed by atoms with Gasteiger partial charge in [-0.2, -0.15) is 0 Å². The average molecular weight is 102 g/mol. The van der Waals surface area contributed by atoms with E-state index in [0.717, 1.165) is 0 Å². The zero-order valence-electron chi connectivity index (χ0n) is 2.08. The molecule has 0 aromatic rings. The molecule has 4 heteroatoms. The number of alkyl halides is 3. The third-order valence-corrected chi connectivity index (χ3v) is 0. The van der Waals surface area contributed by atoms with Gasteiger partial charge in [0.1, 0.15) is 0 Å². The standard InChI is InChI=1S/CHF3O.CH4/c2-1(3,4)5;/h5H;1H4. The van der Waals surface area contributed by atoms with Gasteiger partial charge in [-0.3, -0.25) is 0 Å². The van der Waals surface area contributed by atoms with Crippen LogP contribution in [0.3, 0.4) is 0 Å². The lowest BCUT2D eigenvalue weighted by atomic mass is 11.4. The van der Waals surface area contributed by atoms with E-state index in [4.69, 9.17) is 5.11 Å². The monoisotopic (exact) mass is 102 g/mol. The largest absolute Gasteiger partial charge is 0.519 e. The molecule has 0 unspecified atom stereocenters. The van der Waals surface area contributed by atoms with Gasteiger partial charge in [0.2, 0.25) is 0 Å². The molecule has 0 aliphatic carbocycles. The van der Waals surface area contributed by atoms with Crippen molar-refractivity contribution in [1.82, 2.24) is 0 Å². The Balaban J connectivity index is 0. The summed E-state index contributed by atoms with van der Waals surface area (Å²) >= 11 is 0. The summed E-state index contributed by atoms with van der Waals surface area (Å²) in [7, 11) is 0. The second-order valence-electron chi connectivity index (χ2n) is 0.468. The maximum atomic E-state index is 9.91. The summed E-state index contributed by atoms with van der Waals surface area (Å²) in [5.74, 6) is 0. The third kappa shape index (κ3) is 454. The fourth-order valence-electron chi connectivity index (χ4n) is 0. The van der Waals surface area contributed by atoms with Gasteiger partial charge in [-0.25, -0.2) is 0 Å². The molecule has 0 saturated heterocycles. The summed E-state index contributed by atoms with van der Waals surface area (Å²) in [5.41, 5.74) is 0. The van der Waals surface area contributed by atoms with Gasteiger partial charge >= 0.3 is 6.36 Å². The van der Waals surface area contributed by atoms with Crippen LogP contribution in [0.5, 0.6) is 0 Å². The Labute approximate surface area is 33.4 Å². The van der Waals surface area contributed by atoms with Crippen molar-refractivity contribution in [3.8, 4) is 0 Å². The summed E-state index contributed by atoms with van der Waals surface area (Å²) in [6.45, 7) is 0. The smallest absolute Gasteiger partial charge is 0.308 e. The van der Waals surface area contributed by atoms with Crippen LogP contribution in [0.2, 0.25) is 0 Å². The van der Waals surface area contributed by atoms with E-state index >= 15 is 0 Å². The van der Waals surface area contributed by atoms with Gasteiger partial charge in [-0.1, -0.05) is 7.43 Å². The van der Waals surface area contributed by atoms with Crippen molar-refractivity contribution in [3.05, 3.63) is 0 Å². The van der Waals surface area contributed by atoms with E-state index in [1.54, 1.807) is 0 Å². The summed E-state index contributed by atoms with van der Waals surface area (Å²) in [5, 5.41) is 6.52. The highest BCUT2D eigenvalue weighted by molar-refractivity contribution is 4.06. The first-order valence-corrected chi connectivity index (χ1v) is 0.791. The van der Waals surface area contributed by atoms with Gasteiger partial charge in [0, 0.05) is 0 Å². The first-order valence-electron chi connectivity index (χ1n) is 0.791. The highest BCUT2D eigenvalue weighted by atomic mass is 19.4. The number of halogens is 3. The number of rotatable bonds is 0. The van der Waals surface area contributed by atoms with E-state index in [1.807, 2.05) is 0 Å². The molecule has 0 spiro atoms. The molecule has 0 fully saturated rings. The molecule has 40 valence electrons. The Morgan fingerprint density at radius 1 is 1.17 bits per heavy atom. The van der Waals surface area contributed by atoms with E-state index < -0.39 is 6.36 Å². The van der Waals surface area contributed by atoms with Crippen LogP contribution in [-0.4, -0.2) is 11.5 Å². The van der Waals surface area contributed by atoms with Crippen molar-refractivity contribution in [2.75, 3.05) is 0 Å². The molecular formula is C2H5F3O. The molecule has 6 heavy (non-hydrogen) atoms. The Morgan fingerprint density at radius 2 is 1.17 bits per heavy atom. The van der Waals surface area contributed by atoms with Gasteiger partial charge in [0.15, 0.2) is 0 Å². The summed E-state index contributed by atoms with van der Waals surface area (Å²) < 4.78 is 29.7. The van der Waals surface area contributed by atoms with Crippen LogP contribution >= 0.6 is 0 Å². The zero-order valence-corrected chi connectivity index (χ0v) is 2.08. The molecule has 0 heterocycles. The minimum Gasteiger partial charge on any atom is -0.308 e. The summed E-state index contributed by atoms with van der Waals surface area (Å²) in [6.07, 6.45) is -5.00. The van der Waals surface area contributed by atoms with Gasteiger partial charge in [0.25, 0.3) is 0 Å². The van der Waals surface area contributed by atoms with Crippen LogP contribution in [-0.2, 0) is 0 Å². The highest BCUT2D eigenvalue weighted by Gasteiger charge is 2.20. The Kier molecular flexibility index (Phi) is 3.11. The topological polar surface area (TPSA) is 20.2 Å². The molecule has 0 aromatic carbocycles. The van der Waals surface area contributed by atoms with E-state index in [2.05, 4.69) is 0 Å². The first kappa shape index (κ1) is 9.23. The fraction of sp³-hybridized carbons (Fsp3) is 1.00. The normalized spacial score (nSPS) is 10.0. The Morgan fingerprint density at radius 3 is 1.17 bits per heavy atom. The highest BCUT2D eigenvalue weighted by Crippen LogP contribution is 2.06. The van der Waals surface area contributed by atoms with Gasteiger partial charge in [0.05, 0.1) is 0 Å².